The number of nitrogens with zero attached hydrogens (tertiary/aromatic N) is 2. The molecular weight excluding hydrogens is 493 g/mol. The molecule has 1 aromatic heterocycles. The zero-order valence-corrected chi connectivity index (χ0v) is 18.1. The van der Waals surface area contributed by atoms with Crippen LogP contribution < -0.4 is 21.3 Å². The molecule has 13 heteroatoms. The van der Waals surface area contributed by atoms with Crippen molar-refractivity contribution in [1.82, 2.24) is 9.13 Å². The van der Waals surface area contributed by atoms with Gasteiger partial charge in [0.1, 0.15) is 17.3 Å². The monoisotopic (exact) mass is 505 g/mol. The molecule has 0 unspecified atom stereocenters. The van der Waals surface area contributed by atoms with Gasteiger partial charge in [0, 0.05) is 18.1 Å². The second-order valence-electron chi connectivity index (χ2n) is 6.62. The number of benzene rings is 2. The number of alkyl halides is 3. The number of carbonyl (C=O) groups excluding carboxylic acids is 1. The summed E-state index contributed by atoms with van der Waals surface area (Å²) in [6, 6.07) is 7.31. The molecule has 3 rings (SSSR count). The minimum Gasteiger partial charge on any atom is -0.482 e. The lowest BCUT2D eigenvalue weighted by Gasteiger charge is -2.15. The molecular formula is C20H13Cl2F4N3O4. The molecule has 1 amide bonds. The van der Waals surface area contributed by atoms with Gasteiger partial charge < -0.3 is 10.1 Å². The van der Waals surface area contributed by atoms with Crippen molar-refractivity contribution in [3.05, 3.63) is 84.9 Å². The van der Waals surface area contributed by atoms with Gasteiger partial charge in [0.05, 0.1) is 16.4 Å². The molecule has 7 nitrogen and oxygen atoms in total. The predicted octanol–water partition coefficient (Wildman–Crippen LogP) is 4.02. The highest BCUT2D eigenvalue weighted by molar-refractivity contribution is 6.35. The smallest absolute Gasteiger partial charge is 0.431 e. The molecule has 174 valence electrons. The minimum atomic E-state index is -4.93. The standard InChI is InChI=1S/C20H13Cl2F4N3O4/c1-28-16(20(24,25)26)8-18(31)29(19(28)32)11-3-4-13(23)14(7-11)27-17(30)9-33-15-5-2-10(21)6-12(15)22/h2-8H,9H2,1H3,(H,27,30). The van der Waals surface area contributed by atoms with Gasteiger partial charge in [-0.15, -0.1) is 0 Å². The summed E-state index contributed by atoms with van der Waals surface area (Å²) in [5, 5.41) is 2.69. The maximum Gasteiger partial charge on any atom is 0.431 e. The van der Waals surface area contributed by atoms with Crippen LogP contribution >= 0.6 is 23.2 Å². The van der Waals surface area contributed by atoms with Crippen LogP contribution in [0.3, 0.4) is 0 Å². The van der Waals surface area contributed by atoms with Crippen molar-refractivity contribution in [1.29, 1.82) is 0 Å². The first kappa shape index (κ1) is 24.3. The van der Waals surface area contributed by atoms with Gasteiger partial charge in [-0.25, -0.2) is 13.8 Å². The van der Waals surface area contributed by atoms with E-state index in [-0.39, 0.29) is 27.1 Å². The first-order valence-electron chi connectivity index (χ1n) is 8.96. The Hall–Kier alpha value is -3.31. The van der Waals surface area contributed by atoms with E-state index in [1.165, 1.54) is 18.2 Å². The van der Waals surface area contributed by atoms with Crippen LogP contribution in [0, 0.1) is 5.82 Å². The van der Waals surface area contributed by atoms with Gasteiger partial charge in [-0.05, 0) is 36.4 Å². The van der Waals surface area contributed by atoms with Crippen molar-refractivity contribution in [2.75, 3.05) is 11.9 Å². The fraction of sp³-hybridized carbons (Fsp3) is 0.150. The first-order valence-corrected chi connectivity index (χ1v) is 9.72. The van der Waals surface area contributed by atoms with Gasteiger partial charge in [-0.3, -0.25) is 14.2 Å². The molecule has 0 saturated carbocycles. The van der Waals surface area contributed by atoms with E-state index in [1.807, 2.05) is 0 Å². The number of rotatable bonds is 5. The maximum atomic E-state index is 14.2. The van der Waals surface area contributed by atoms with Gasteiger partial charge in [0.2, 0.25) is 0 Å². The molecule has 0 bridgehead atoms. The normalized spacial score (nSPS) is 11.4. The van der Waals surface area contributed by atoms with Gasteiger partial charge in [-0.1, -0.05) is 23.2 Å². The molecule has 3 aromatic rings. The summed E-state index contributed by atoms with van der Waals surface area (Å²) in [4.78, 5) is 36.8. The zero-order valence-electron chi connectivity index (χ0n) is 16.5. The van der Waals surface area contributed by atoms with Crippen molar-refractivity contribution < 1.29 is 27.1 Å². The maximum absolute atomic E-state index is 14.2. The lowest BCUT2D eigenvalue weighted by molar-refractivity contribution is -0.144. The van der Waals surface area contributed by atoms with E-state index in [0.717, 1.165) is 25.2 Å². The number of amides is 1. The SMILES string of the molecule is Cn1c(C(F)(F)F)cc(=O)n(-c2ccc(F)c(NC(=O)COc3ccc(Cl)cc3Cl)c2)c1=O. The number of hydrogen-bond donors (Lipinski definition) is 1. The van der Waals surface area contributed by atoms with E-state index in [2.05, 4.69) is 5.32 Å². The van der Waals surface area contributed by atoms with E-state index < -0.39 is 47.1 Å². The van der Waals surface area contributed by atoms with E-state index >= 15 is 0 Å². The number of aromatic nitrogens is 2. The number of ether oxygens (including phenoxy) is 1. The molecule has 0 aliphatic rings. The summed E-state index contributed by atoms with van der Waals surface area (Å²) in [7, 11) is 0.840. The van der Waals surface area contributed by atoms with Gasteiger partial charge in [-0.2, -0.15) is 13.2 Å². The Morgan fingerprint density at radius 1 is 1.09 bits per heavy atom. The van der Waals surface area contributed by atoms with Crippen molar-refractivity contribution in [3.8, 4) is 11.4 Å². The molecule has 1 N–H and O–H groups in total. The molecule has 0 aliphatic carbocycles. The predicted molar refractivity (Wildman–Crippen MR) is 113 cm³/mol. The zero-order chi connectivity index (χ0) is 24.5. The second kappa shape index (κ2) is 9.28. The Morgan fingerprint density at radius 2 is 1.79 bits per heavy atom. The number of nitrogens with one attached hydrogen (secondary N) is 1. The highest BCUT2D eigenvalue weighted by Gasteiger charge is 2.35. The van der Waals surface area contributed by atoms with Gasteiger partial charge in [0.15, 0.2) is 6.61 Å². The first-order chi connectivity index (χ1) is 15.4. The Kier molecular flexibility index (Phi) is 6.84. The molecule has 0 spiro atoms. The Balaban J connectivity index is 1.87. The largest absolute Gasteiger partial charge is 0.482 e. The lowest BCUT2D eigenvalue weighted by Crippen LogP contribution is -2.40. The van der Waals surface area contributed by atoms with Crippen LogP contribution in [0.25, 0.3) is 5.69 Å². The Bertz CT molecular complexity index is 1350. The van der Waals surface area contributed by atoms with Gasteiger partial charge in [0.25, 0.3) is 11.5 Å². The molecule has 0 aliphatic heterocycles. The second-order valence-corrected chi connectivity index (χ2v) is 7.46. The average molecular weight is 506 g/mol. The van der Waals surface area contributed by atoms with Crippen LogP contribution in [-0.4, -0.2) is 21.6 Å². The average Bonchev–Trinajstić information content (AvgIpc) is 2.71. The summed E-state index contributed by atoms with van der Waals surface area (Å²) in [6.45, 7) is -0.576. The third-order valence-corrected chi connectivity index (χ3v) is 4.88. The summed E-state index contributed by atoms with van der Waals surface area (Å²) in [5.41, 5.74) is -4.72. The number of hydrogen-bond acceptors (Lipinski definition) is 4. The van der Waals surface area contributed by atoms with Crippen LogP contribution in [0.5, 0.6) is 5.75 Å². The van der Waals surface area contributed by atoms with Crippen LogP contribution in [0.2, 0.25) is 10.0 Å². The Morgan fingerprint density at radius 3 is 2.42 bits per heavy atom. The molecule has 33 heavy (non-hydrogen) atoms. The van der Waals surface area contributed by atoms with Crippen molar-refractivity contribution >= 4 is 34.8 Å². The summed E-state index contributed by atoms with van der Waals surface area (Å²) >= 11 is 11.7. The molecule has 0 radical (unpaired) electrons. The third kappa shape index (κ3) is 5.37. The highest BCUT2D eigenvalue weighted by atomic mass is 35.5. The van der Waals surface area contributed by atoms with Crippen molar-refractivity contribution in [2.45, 2.75) is 6.18 Å². The minimum absolute atomic E-state index is 0.140. The van der Waals surface area contributed by atoms with Crippen LogP contribution in [0.4, 0.5) is 23.2 Å². The third-order valence-electron chi connectivity index (χ3n) is 4.35. The van der Waals surface area contributed by atoms with Crippen molar-refractivity contribution in [3.63, 3.8) is 0 Å². The Labute approximate surface area is 192 Å². The van der Waals surface area contributed by atoms with Crippen LogP contribution in [-0.2, 0) is 18.0 Å². The molecule has 0 atom stereocenters. The van der Waals surface area contributed by atoms with E-state index in [9.17, 15) is 31.9 Å². The fourth-order valence-corrected chi connectivity index (χ4v) is 3.27. The van der Waals surface area contributed by atoms with Crippen molar-refractivity contribution in [2.24, 2.45) is 7.05 Å². The molecule has 0 fully saturated rings. The van der Waals surface area contributed by atoms with E-state index in [1.54, 1.807) is 0 Å². The molecule has 1 heterocycles. The van der Waals surface area contributed by atoms with Crippen LogP contribution in [0.1, 0.15) is 5.69 Å². The van der Waals surface area contributed by atoms with Gasteiger partial charge >= 0.3 is 11.9 Å². The van der Waals surface area contributed by atoms with E-state index in [4.69, 9.17) is 27.9 Å². The molecule has 0 saturated heterocycles. The van der Waals surface area contributed by atoms with Crippen LogP contribution in [0.15, 0.2) is 52.1 Å². The summed E-state index contributed by atoms with van der Waals surface area (Å²) in [6.07, 6.45) is -4.93. The summed E-state index contributed by atoms with van der Waals surface area (Å²) in [5.74, 6) is -1.59. The molecule has 2 aromatic carbocycles. The number of carbonyl (C=O) groups is 1. The quantitative estimate of drug-likeness (QED) is 0.531. The number of anilines is 1. The lowest BCUT2D eigenvalue weighted by atomic mass is 10.2. The van der Waals surface area contributed by atoms with E-state index in [0.29, 0.717) is 9.59 Å². The fourth-order valence-electron chi connectivity index (χ4n) is 2.81. The summed E-state index contributed by atoms with van der Waals surface area (Å²) < 4.78 is 59.1. The highest BCUT2D eigenvalue weighted by Crippen LogP contribution is 2.28. The topological polar surface area (TPSA) is 82.3 Å². The number of halogens is 6.